The topological polar surface area (TPSA) is 58.1 Å². The van der Waals surface area contributed by atoms with Crippen LogP contribution in [0.2, 0.25) is 0 Å². The molecule has 0 bridgehead atoms. The predicted octanol–water partition coefficient (Wildman–Crippen LogP) is 2.31. The van der Waals surface area contributed by atoms with Gasteiger partial charge in [-0.3, -0.25) is 4.99 Å². The van der Waals surface area contributed by atoms with Crippen molar-refractivity contribution >= 4 is 29.9 Å². The third-order valence-electron chi connectivity index (χ3n) is 4.44. The lowest BCUT2D eigenvalue weighted by molar-refractivity contribution is 0.180. The van der Waals surface area contributed by atoms with Crippen molar-refractivity contribution in [2.24, 2.45) is 4.99 Å². The number of nitrogens with one attached hydrogen (secondary N) is 2. The third-order valence-corrected chi connectivity index (χ3v) is 4.44. The van der Waals surface area contributed by atoms with Crippen LogP contribution in [0.25, 0.3) is 0 Å². The highest BCUT2D eigenvalue weighted by Crippen LogP contribution is 2.25. The highest BCUT2D eigenvalue weighted by atomic mass is 127. The molecule has 0 radical (unpaired) electrons. The predicted molar refractivity (Wildman–Crippen MR) is 123 cm³/mol. The van der Waals surface area contributed by atoms with E-state index >= 15 is 0 Å². The Labute approximate surface area is 181 Å². The molecule has 2 N–H and O–H groups in total. The Balaban J connectivity index is 0.00000364. The molecule has 0 spiro atoms. The molecule has 27 heavy (non-hydrogen) atoms. The summed E-state index contributed by atoms with van der Waals surface area (Å²) in [5.41, 5.74) is 2.68. The summed E-state index contributed by atoms with van der Waals surface area (Å²) in [7, 11) is 3.87. The van der Waals surface area contributed by atoms with E-state index in [4.69, 9.17) is 9.47 Å². The van der Waals surface area contributed by atoms with E-state index in [1.807, 2.05) is 0 Å². The first-order chi connectivity index (χ1) is 12.7. The molecular weight excluding hydrogens is 455 g/mol. The van der Waals surface area contributed by atoms with Crippen LogP contribution >= 0.6 is 24.0 Å². The third kappa shape index (κ3) is 9.12. The Bertz CT molecular complexity index is 569. The first-order valence-corrected chi connectivity index (χ1v) is 9.67. The van der Waals surface area contributed by atoms with Gasteiger partial charge in [0.1, 0.15) is 5.75 Å². The van der Waals surface area contributed by atoms with E-state index in [0.29, 0.717) is 0 Å². The van der Waals surface area contributed by atoms with E-state index < -0.39 is 0 Å². The van der Waals surface area contributed by atoms with Gasteiger partial charge in [0.15, 0.2) is 5.96 Å². The van der Waals surface area contributed by atoms with Crippen LogP contribution in [0.5, 0.6) is 5.75 Å². The zero-order valence-electron chi connectivity index (χ0n) is 16.9. The number of hydrogen-bond acceptors (Lipinski definition) is 4. The minimum Gasteiger partial charge on any atom is -0.493 e. The van der Waals surface area contributed by atoms with E-state index in [9.17, 15) is 0 Å². The Morgan fingerprint density at radius 2 is 2.15 bits per heavy atom. The van der Waals surface area contributed by atoms with E-state index in [1.165, 1.54) is 11.1 Å². The van der Waals surface area contributed by atoms with Crippen LogP contribution in [0, 0.1) is 0 Å². The van der Waals surface area contributed by atoms with Gasteiger partial charge in [0.05, 0.1) is 13.2 Å². The zero-order chi connectivity index (χ0) is 18.6. The van der Waals surface area contributed by atoms with Crippen molar-refractivity contribution in [2.45, 2.75) is 26.2 Å². The van der Waals surface area contributed by atoms with Crippen LogP contribution in [0.4, 0.5) is 0 Å². The molecule has 7 heteroatoms. The lowest BCUT2D eigenvalue weighted by Crippen LogP contribution is -2.39. The molecule has 0 amide bonds. The molecule has 1 aromatic rings. The normalized spacial score (nSPS) is 13.1. The van der Waals surface area contributed by atoms with Gasteiger partial charge >= 0.3 is 0 Å². The van der Waals surface area contributed by atoms with Crippen LogP contribution < -0.4 is 15.4 Å². The molecule has 0 fully saturated rings. The Hall–Kier alpha value is -1.06. The molecular formula is C20H35IN4O2. The van der Waals surface area contributed by atoms with Crippen molar-refractivity contribution in [3.05, 3.63) is 29.3 Å². The summed E-state index contributed by atoms with van der Waals surface area (Å²) in [4.78, 5) is 6.96. The highest BCUT2D eigenvalue weighted by molar-refractivity contribution is 14.0. The van der Waals surface area contributed by atoms with Crippen LogP contribution in [-0.4, -0.2) is 71.0 Å². The largest absolute Gasteiger partial charge is 0.493 e. The molecule has 0 saturated heterocycles. The van der Waals surface area contributed by atoms with Gasteiger partial charge in [-0.25, -0.2) is 0 Å². The lowest BCUT2D eigenvalue weighted by Gasteiger charge is -2.16. The van der Waals surface area contributed by atoms with E-state index in [1.54, 1.807) is 7.11 Å². The van der Waals surface area contributed by atoms with Gasteiger partial charge in [0.2, 0.25) is 0 Å². The molecule has 6 nitrogen and oxygen atoms in total. The summed E-state index contributed by atoms with van der Waals surface area (Å²) in [6, 6.07) is 6.52. The van der Waals surface area contributed by atoms with E-state index in [0.717, 1.165) is 76.9 Å². The second kappa shape index (κ2) is 14.0. The maximum atomic E-state index is 5.57. The van der Waals surface area contributed by atoms with Gasteiger partial charge in [-0.1, -0.05) is 12.1 Å². The molecule has 154 valence electrons. The fourth-order valence-corrected chi connectivity index (χ4v) is 2.99. The fourth-order valence-electron chi connectivity index (χ4n) is 2.99. The standard InChI is InChI=1S/C20H34N4O2.HI/c1-4-21-20(23-11-13-24(2)12-5-14-25-3)22-10-8-17-6-7-19-18(16-17)9-15-26-19;/h6-7,16H,4-5,8-15H2,1-3H3,(H2,21,22,23);1H. The molecule has 0 aliphatic carbocycles. The maximum Gasteiger partial charge on any atom is 0.191 e. The fraction of sp³-hybridized carbons (Fsp3) is 0.650. The summed E-state index contributed by atoms with van der Waals surface area (Å²) in [6.07, 6.45) is 3.06. The van der Waals surface area contributed by atoms with Gasteiger partial charge in [0, 0.05) is 46.3 Å². The van der Waals surface area contributed by atoms with Crippen molar-refractivity contribution in [1.29, 1.82) is 0 Å². The number of guanidine groups is 1. The van der Waals surface area contributed by atoms with Crippen LogP contribution in [-0.2, 0) is 17.6 Å². The number of likely N-dealkylation sites (N-methyl/N-ethyl adjacent to an activating group) is 1. The van der Waals surface area contributed by atoms with Crippen molar-refractivity contribution in [1.82, 2.24) is 15.5 Å². The molecule has 1 aliphatic rings. The average Bonchev–Trinajstić information content (AvgIpc) is 3.10. The quantitative estimate of drug-likeness (QED) is 0.216. The second-order valence-electron chi connectivity index (χ2n) is 6.63. The van der Waals surface area contributed by atoms with Gasteiger partial charge < -0.3 is 25.0 Å². The van der Waals surface area contributed by atoms with Crippen LogP contribution in [0.15, 0.2) is 23.2 Å². The molecule has 0 atom stereocenters. The number of hydrogen-bond donors (Lipinski definition) is 2. The molecule has 1 aliphatic heterocycles. The van der Waals surface area contributed by atoms with E-state index in [-0.39, 0.29) is 24.0 Å². The number of methoxy groups -OCH3 is 1. The maximum absolute atomic E-state index is 5.57. The molecule has 1 aromatic carbocycles. The number of nitrogens with zero attached hydrogens (tertiary/aromatic N) is 2. The number of fused-ring (bicyclic) bond motifs is 1. The molecule has 0 saturated carbocycles. The van der Waals surface area contributed by atoms with Gasteiger partial charge in [-0.05, 0) is 44.0 Å². The summed E-state index contributed by atoms with van der Waals surface area (Å²) >= 11 is 0. The lowest BCUT2D eigenvalue weighted by atomic mass is 10.1. The Morgan fingerprint density at radius 3 is 2.93 bits per heavy atom. The SMILES string of the molecule is CCNC(=NCCN(C)CCCOC)NCCc1ccc2c(c1)CCO2.I. The minimum absolute atomic E-state index is 0. The number of rotatable bonds is 11. The summed E-state index contributed by atoms with van der Waals surface area (Å²) in [6.45, 7) is 8.23. The van der Waals surface area contributed by atoms with E-state index in [2.05, 4.69) is 52.7 Å². The van der Waals surface area contributed by atoms with Crippen molar-refractivity contribution < 1.29 is 9.47 Å². The summed E-state index contributed by atoms with van der Waals surface area (Å²) in [5.74, 6) is 1.94. The second-order valence-corrected chi connectivity index (χ2v) is 6.63. The number of benzene rings is 1. The molecule has 0 unspecified atom stereocenters. The summed E-state index contributed by atoms with van der Waals surface area (Å²) < 4.78 is 10.7. The molecule has 1 heterocycles. The van der Waals surface area contributed by atoms with Crippen molar-refractivity contribution in [2.75, 3.05) is 60.1 Å². The van der Waals surface area contributed by atoms with Gasteiger partial charge in [-0.15, -0.1) is 24.0 Å². The first-order valence-electron chi connectivity index (χ1n) is 9.67. The van der Waals surface area contributed by atoms with Crippen LogP contribution in [0.1, 0.15) is 24.5 Å². The van der Waals surface area contributed by atoms with Crippen molar-refractivity contribution in [3.8, 4) is 5.75 Å². The summed E-state index contributed by atoms with van der Waals surface area (Å²) in [5, 5.41) is 6.75. The van der Waals surface area contributed by atoms with Gasteiger partial charge in [0.25, 0.3) is 0 Å². The monoisotopic (exact) mass is 490 g/mol. The number of halogens is 1. The number of ether oxygens (including phenoxy) is 2. The highest BCUT2D eigenvalue weighted by Gasteiger charge is 2.11. The van der Waals surface area contributed by atoms with Gasteiger partial charge in [-0.2, -0.15) is 0 Å². The number of aliphatic imine (C=N–C) groups is 1. The van der Waals surface area contributed by atoms with Crippen LogP contribution in [0.3, 0.4) is 0 Å². The molecule has 2 rings (SSSR count). The minimum atomic E-state index is 0. The smallest absolute Gasteiger partial charge is 0.191 e. The molecule has 0 aromatic heterocycles. The Morgan fingerprint density at radius 1 is 1.30 bits per heavy atom. The first kappa shape index (κ1) is 24.0. The zero-order valence-corrected chi connectivity index (χ0v) is 19.3. The Kier molecular flexibility index (Phi) is 12.4. The van der Waals surface area contributed by atoms with Crippen molar-refractivity contribution in [3.63, 3.8) is 0 Å². The average molecular weight is 490 g/mol.